The van der Waals surface area contributed by atoms with Crippen molar-refractivity contribution in [3.8, 4) is 11.5 Å². The predicted octanol–water partition coefficient (Wildman–Crippen LogP) is 3.20. The van der Waals surface area contributed by atoms with Gasteiger partial charge in [-0.2, -0.15) is 0 Å². The third-order valence-electron chi connectivity index (χ3n) is 5.07. The largest absolute Gasteiger partial charge is 0.497 e. The van der Waals surface area contributed by atoms with E-state index in [0.29, 0.717) is 13.0 Å². The number of ether oxygens (including phenoxy) is 2. The summed E-state index contributed by atoms with van der Waals surface area (Å²) in [6.07, 6.45) is 2.78. The third-order valence-corrected chi connectivity index (χ3v) is 5.07. The van der Waals surface area contributed by atoms with Crippen LogP contribution in [0.1, 0.15) is 30.0 Å². The van der Waals surface area contributed by atoms with Gasteiger partial charge in [0.05, 0.1) is 26.7 Å². The van der Waals surface area contributed by atoms with Gasteiger partial charge in [0.2, 0.25) is 5.91 Å². The van der Waals surface area contributed by atoms with E-state index in [1.165, 1.54) is 18.4 Å². The van der Waals surface area contributed by atoms with Crippen molar-refractivity contribution >= 4 is 5.91 Å². The van der Waals surface area contributed by atoms with Gasteiger partial charge in [-0.15, -0.1) is 0 Å². The van der Waals surface area contributed by atoms with Crippen LogP contribution in [0.2, 0.25) is 0 Å². The molecule has 27 heavy (non-hydrogen) atoms. The second kappa shape index (κ2) is 9.42. The van der Waals surface area contributed by atoms with Crippen molar-refractivity contribution < 1.29 is 14.3 Å². The lowest BCUT2D eigenvalue weighted by molar-refractivity contribution is -0.120. The normalized spacial score (nSPS) is 15.3. The first kappa shape index (κ1) is 19.2. The van der Waals surface area contributed by atoms with E-state index in [2.05, 4.69) is 22.3 Å². The van der Waals surface area contributed by atoms with E-state index in [4.69, 9.17) is 9.47 Å². The molecule has 0 aliphatic carbocycles. The minimum Gasteiger partial charge on any atom is -0.497 e. The molecule has 1 heterocycles. The Balaban J connectivity index is 1.63. The highest BCUT2D eigenvalue weighted by Gasteiger charge is 2.24. The summed E-state index contributed by atoms with van der Waals surface area (Å²) in [4.78, 5) is 14.9. The number of nitrogens with one attached hydrogen (secondary N) is 1. The van der Waals surface area contributed by atoms with E-state index in [-0.39, 0.29) is 11.9 Å². The summed E-state index contributed by atoms with van der Waals surface area (Å²) >= 11 is 0. The molecule has 2 aromatic rings. The zero-order valence-corrected chi connectivity index (χ0v) is 16.1. The quantitative estimate of drug-likeness (QED) is 0.777. The number of nitrogens with zero attached hydrogens (tertiary/aromatic N) is 1. The Morgan fingerprint density at radius 3 is 2.41 bits per heavy atom. The molecule has 2 aromatic carbocycles. The van der Waals surface area contributed by atoms with Crippen molar-refractivity contribution in [3.05, 3.63) is 59.7 Å². The van der Waals surface area contributed by atoms with Gasteiger partial charge in [-0.3, -0.25) is 9.69 Å². The molecule has 1 saturated heterocycles. The van der Waals surface area contributed by atoms with Crippen molar-refractivity contribution in [2.75, 3.05) is 33.9 Å². The highest BCUT2D eigenvalue weighted by Crippen LogP contribution is 2.26. The predicted molar refractivity (Wildman–Crippen MR) is 106 cm³/mol. The maximum absolute atomic E-state index is 12.5. The van der Waals surface area contributed by atoms with Gasteiger partial charge in [0.25, 0.3) is 0 Å². The third kappa shape index (κ3) is 5.23. The molecule has 144 valence electrons. The average molecular weight is 368 g/mol. The molecule has 0 radical (unpaired) electrons. The molecule has 1 fully saturated rings. The van der Waals surface area contributed by atoms with Crippen LogP contribution in [0, 0.1) is 0 Å². The van der Waals surface area contributed by atoms with Crippen LogP contribution in [0.4, 0.5) is 0 Å². The van der Waals surface area contributed by atoms with Crippen molar-refractivity contribution in [2.45, 2.75) is 25.3 Å². The number of amides is 1. The summed E-state index contributed by atoms with van der Waals surface area (Å²) in [5, 5.41) is 3.12. The van der Waals surface area contributed by atoms with Crippen LogP contribution < -0.4 is 14.8 Å². The molecular weight excluding hydrogens is 340 g/mol. The summed E-state index contributed by atoms with van der Waals surface area (Å²) in [5.74, 6) is 1.65. The molecule has 0 bridgehead atoms. The van der Waals surface area contributed by atoms with Gasteiger partial charge >= 0.3 is 0 Å². The van der Waals surface area contributed by atoms with E-state index in [1.54, 1.807) is 14.2 Å². The summed E-state index contributed by atoms with van der Waals surface area (Å²) in [6.45, 7) is 2.75. The van der Waals surface area contributed by atoms with Crippen LogP contribution in [0.15, 0.2) is 48.5 Å². The second-order valence-corrected chi connectivity index (χ2v) is 6.86. The van der Waals surface area contributed by atoms with Crippen molar-refractivity contribution in [1.29, 1.82) is 0 Å². The van der Waals surface area contributed by atoms with E-state index in [9.17, 15) is 4.79 Å². The van der Waals surface area contributed by atoms with Gasteiger partial charge < -0.3 is 14.8 Å². The topological polar surface area (TPSA) is 50.8 Å². The van der Waals surface area contributed by atoms with Crippen LogP contribution in [0.25, 0.3) is 0 Å². The van der Waals surface area contributed by atoms with Gasteiger partial charge in [-0.05, 0) is 61.3 Å². The lowest BCUT2D eigenvalue weighted by Crippen LogP contribution is -2.37. The first-order valence-electron chi connectivity index (χ1n) is 9.47. The van der Waals surface area contributed by atoms with E-state index in [1.807, 2.05) is 36.4 Å². The number of hydrogen-bond acceptors (Lipinski definition) is 4. The zero-order valence-electron chi connectivity index (χ0n) is 16.1. The monoisotopic (exact) mass is 368 g/mol. The Morgan fingerprint density at radius 1 is 1.04 bits per heavy atom. The first-order valence-corrected chi connectivity index (χ1v) is 9.47. The SMILES string of the molecule is COc1ccc(C(CNC(=O)Cc2cccc(OC)c2)N2CCCC2)cc1. The van der Waals surface area contributed by atoms with Gasteiger partial charge in [0, 0.05) is 6.54 Å². The fourth-order valence-electron chi connectivity index (χ4n) is 3.58. The van der Waals surface area contributed by atoms with E-state index in [0.717, 1.165) is 30.2 Å². The summed E-state index contributed by atoms with van der Waals surface area (Å²) in [5.41, 5.74) is 2.16. The minimum atomic E-state index is 0.0287. The molecule has 1 aliphatic rings. The van der Waals surface area contributed by atoms with Crippen molar-refractivity contribution in [2.24, 2.45) is 0 Å². The average Bonchev–Trinajstić information content (AvgIpc) is 3.23. The molecule has 0 saturated carbocycles. The van der Waals surface area contributed by atoms with Crippen molar-refractivity contribution in [1.82, 2.24) is 10.2 Å². The Labute approximate surface area is 161 Å². The smallest absolute Gasteiger partial charge is 0.224 e. The molecule has 1 atom stereocenters. The molecule has 5 nitrogen and oxygen atoms in total. The fraction of sp³-hybridized carbons (Fsp3) is 0.409. The number of benzene rings is 2. The lowest BCUT2D eigenvalue weighted by Gasteiger charge is -2.28. The number of likely N-dealkylation sites (tertiary alicyclic amines) is 1. The first-order chi connectivity index (χ1) is 13.2. The molecule has 0 spiro atoms. The summed E-state index contributed by atoms with van der Waals surface area (Å²) in [7, 11) is 3.31. The number of rotatable bonds is 8. The zero-order chi connectivity index (χ0) is 19.1. The fourth-order valence-corrected chi connectivity index (χ4v) is 3.58. The van der Waals surface area contributed by atoms with Crippen molar-refractivity contribution in [3.63, 3.8) is 0 Å². The number of methoxy groups -OCH3 is 2. The summed E-state index contributed by atoms with van der Waals surface area (Å²) in [6, 6.07) is 16.0. The maximum Gasteiger partial charge on any atom is 0.224 e. The van der Waals surface area contributed by atoms with E-state index < -0.39 is 0 Å². The Bertz CT molecular complexity index is 739. The molecular formula is C22H28N2O3. The summed E-state index contributed by atoms with van der Waals surface area (Å²) < 4.78 is 10.5. The molecule has 1 amide bonds. The molecule has 0 aromatic heterocycles. The highest BCUT2D eigenvalue weighted by molar-refractivity contribution is 5.78. The van der Waals surface area contributed by atoms with Crippen LogP contribution >= 0.6 is 0 Å². The van der Waals surface area contributed by atoms with Gasteiger partial charge in [-0.25, -0.2) is 0 Å². The number of carbonyl (C=O) groups excluding carboxylic acids is 1. The van der Waals surface area contributed by atoms with Gasteiger partial charge in [-0.1, -0.05) is 24.3 Å². The van der Waals surface area contributed by atoms with E-state index >= 15 is 0 Å². The highest BCUT2D eigenvalue weighted by atomic mass is 16.5. The Hall–Kier alpha value is -2.53. The Kier molecular flexibility index (Phi) is 6.71. The molecule has 1 N–H and O–H groups in total. The van der Waals surface area contributed by atoms with Gasteiger partial charge in [0.1, 0.15) is 11.5 Å². The Morgan fingerprint density at radius 2 is 1.74 bits per heavy atom. The molecule has 5 heteroatoms. The maximum atomic E-state index is 12.5. The van der Waals surface area contributed by atoms with Gasteiger partial charge in [0.15, 0.2) is 0 Å². The number of carbonyl (C=O) groups is 1. The minimum absolute atomic E-state index is 0.0287. The standard InChI is InChI=1S/C22H28N2O3/c1-26-19-10-8-18(9-11-19)21(24-12-3-4-13-24)16-23-22(25)15-17-6-5-7-20(14-17)27-2/h5-11,14,21H,3-4,12-13,15-16H2,1-2H3,(H,23,25). The van der Waals surface area contributed by atoms with Crippen LogP contribution in [0.5, 0.6) is 11.5 Å². The molecule has 1 unspecified atom stereocenters. The molecule has 3 rings (SSSR count). The van der Waals surface area contributed by atoms with Crippen LogP contribution in [-0.2, 0) is 11.2 Å². The molecule has 1 aliphatic heterocycles. The van der Waals surface area contributed by atoms with Crippen LogP contribution in [-0.4, -0.2) is 44.7 Å². The second-order valence-electron chi connectivity index (χ2n) is 6.86. The van der Waals surface area contributed by atoms with Crippen LogP contribution in [0.3, 0.4) is 0 Å². The number of hydrogen-bond donors (Lipinski definition) is 1. The lowest BCUT2D eigenvalue weighted by atomic mass is 10.0.